The van der Waals surface area contributed by atoms with E-state index in [1.807, 2.05) is 25.1 Å². The Balaban J connectivity index is 2.71. The Kier molecular flexibility index (Phi) is 3.76. The van der Waals surface area contributed by atoms with Crippen molar-refractivity contribution in [2.75, 3.05) is 0 Å². The van der Waals surface area contributed by atoms with Gasteiger partial charge in [0.25, 0.3) is 0 Å². The Morgan fingerprint density at radius 3 is 2.77 bits per heavy atom. The lowest BCUT2D eigenvalue weighted by Crippen LogP contribution is -2.01. The predicted molar refractivity (Wildman–Crippen MR) is 56.2 cm³/mol. The number of hydrogen-bond acceptors (Lipinski definition) is 1. The molecule has 0 aromatic heterocycles. The molecule has 1 aromatic carbocycles. The number of hydrogen-bond donors (Lipinski definition) is 1. The number of rotatable bonds is 3. The fourth-order valence-corrected chi connectivity index (χ4v) is 1.49. The smallest absolute Gasteiger partial charge is 0.0515 e. The van der Waals surface area contributed by atoms with Crippen molar-refractivity contribution in [3.05, 3.63) is 34.3 Å². The normalized spacial score (nSPS) is 12.9. The van der Waals surface area contributed by atoms with Crippen molar-refractivity contribution in [2.45, 2.75) is 32.8 Å². The summed E-state index contributed by atoms with van der Waals surface area (Å²) in [5.74, 6) is 0. The van der Waals surface area contributed by atoms with Crippen LogP contribution in [0.25, 0.3) is 0 Å². The minimum atomic E-state index is -0.253. The molecule has 0 heterocycles. The van der Waals surface area contributed by atoms with Gasteiger partial charge in [0.1, 0.15) is 0 Å². The zero-order valence-corrected chi connectivity index (χ0v) is 8.80. The van der Waals surface area contributed by atoms with Crippen LogP contribution in [-0.4, -0.2) is 11.2 Å². The van der Waals surface area contributed by atoms with E-state index < -0.39 is 0 Å². The monoisotopic (exact) mass is 198 g/mol. The largest absolute Gasteiger partial charge is 0.393 e. The summed E-state index contributed by atoms with van der Waals surface area (Å²) in [5.41, 5.74) is 2.23. The second-order valence-corrected chi connectivity index (χ2v) is 3.81. The maximum atomic E-state index is 9.13. The Morgan fingerprint density at radius 2 is 2.15 bits per heavy atom. The molecule has 1 rings (SSSR count). The van der Waals surface area contributed by atoms with Crippen LogP contribution in [0.15, 0.2) is 18.2 Å². The van der Waals surface area contributed by atoms with Crippen molar-refractivity contribution in [1.82, 2.24) is 0 Å². The van der Waals surface area contributed by atoms with Crippen LogP contribution in [0.1, 0.15) is 24.5 Å². The van der Waals surface area contributed by atoms with Crippen molar-refractivity contribution in [3.8, 4) is 0 Å². The van der Waals surface area contributed by atoms with Gasteiger partial charge in [0.15, 0.2) is 0 Å². The van der Waals surface area contributed by atoms with E-state index >= 15 is 0 Å². The Morgan fingerprint density at radius 1 is 1.46 bits per heavy atom. The van der Waals surface area contributed by atoms with E-state index in [-0.39, 0.29) is 6.10 Å². The molecule has 1 aromatic rings. The van der Waals surface area contributed by atoms with Gasteiger partial charge in [-0.25, -0.2) is 0 Å². The summed E-state index contributed by atoms with van der Waals surface area (Å²) in [6.07, 6.45) is 1.36. The van der Waals surface area contributed by atoms with Crippen molar-refractivity contribution in [3.63, 3.8) is 0 Å². The van der Waals surface area contributed by atoms with Gasteiger partial charge in [-0.3, -0.25) is 0 Å². The maximum Gasteiger partial charge on any atom is 0.0515 e. The molecule has 1 unspecified atom stereocenters. The van der Waals surface area contributed by atoms with Crippen molar-refractivity contribution >= 4 is 11.6 Å². The van der Waals surface area contributed by atoms with Gasteiger partial charge < -0.3 is 5.11 Å². The molecule has 0 radical (unpaired) electrons. The van der Waals surface area contributed by atoms with E-state index in [1.165, 1.54) is 0 Å². The number of aliphatic hydroxyl groups is 1. The molecule has 0 aliphatic rings. The molecular formula is C11H15ClO. The molecule has 2 heteroatoms. The summed E-state index contributed by atoms with van der Waals surface area (Å²) in [5, 5.41) is 9.97. The van der Waals surface area contributed by atoms with Crippen molar-refractivity contribution < 1.29 is 5.11 Å². The molecule has 0 fully saturated rings. The van der Waals surface area contributed by atoms with Gasteiger partial charge in [0.05, 0.1) is 6.10 Å². The van der Waals surface area contributed by atoms with E-state index in [0.717, 1.165) is 29.0 Å². The van der Waals surface area contributed by atoms with E-state index in [2.05, 4.69) is 0 Å². The topological polar surface area (TPSA) is 20.2 Å². The zero-order chi connectivity index (χ0) is 9.84. The third-order valence-corrected chi connectivity index (χ3v) is 2.64. The number of aryl methyl sites for hydroxylation is 2. The average Bonchev–Trinajstić information content (AvgIpc) is 2.07. The summed E-state index contributed by atoms with van der Waals surface area (Å²) >= 11 is 6.10. The molecule has 1 N–H and O–H groups in total. The Hall–Kier alpha value is -0.530. The first-order valence-electron chi connectivity index (χ1n) is 4.53. The molecule has 0 spiro atoms. The summed E-state index contributed by atoms with van der Waals surface area (Å²) in [6.45, 7) is 3.79. The molecule has 1 nitrogen and oxygen atoms in total. The number of benzene rings is 1. The minimum Gasteiger partial charge on any atom is -0.393 e. The highest BCUT2D eigenvalue weighted by Gasteiger charge is 2.03. The van der Waals surface area contributed by atoms with Gasteiger partial charge in [-0.1, -0.05) is 29.8 Å². The SMILES string of the molecule is Cc1cccc(CCC(C)O)c1Cl. The molecular weight excluding hydrogens is 184 g/mol. The van der Waals surface area contributed by atoms with E-state index in [1.54, 1.807) is 6.92 Å². The van der Waals surface area contributed by atoms with Crippen LogP contribution in [0.4, 0.5) is 0 Å². The third kappa shape index (κ3) is 3.02. The van der Waals surface area contributed by atoms with Crippen molar-refractivity contribution in [2.24, 2.45) is 0 Å². The minimum absolute atomic E-state index is 0.253. The van der Waals surface area contributed by atoms with Gasteiger partial charge >= 0.3 is 0 Å². The van der Waals surface area contributed by atoms with Crippen LogP contribution >= 0.6 is 11.6 Å². The number of halogens is 1. The first-order chi connectivity index (χ1) is 6.11. The van der Waals surface area contributed by atoms with E-state index in [9.17, 15) is 0 Å². The predicted octanol–water partition coefficient (Wildman–Crippen LogP) is 2.96. The standard InChI is InChI=1S/C11H15ClO/c1-8-4-3-5-10(11(8)12)7-6-9(2)13/h3-5,9,13H,6-7H2,1-2H3. The zero-order valence-electron chi connectivity index (χ0n) is 8.05. The lowest BCUT2D eigenvalue weighted by Gasteiger charge is -2.07. The lowest BCUT2D eigenvalue weighted by atomic mass is 10.1. The van der Waals surface area contributed by atoms with Gasteiger partial charge in [-0.2, -0.15) is 0 Å². The maximum absolute atomic E-state index is 9.13. The average molecular weight is 199 g/mol. The Bertz CT molecular complexity index is 281. The molecule has 72 valence electrons. The summed E-state index contributed by atoms with van der Waals surface area (Å²) in [7, 11) is 0. The molecule has 0 bridgehead atoms. The van der Waals surface area contributed by atoms with Crippen LogP contribution in [0, 0.1) is 6.92 Å². The molecule has 0 saturated heterocycles. The van der Waals surface area contributed by atoms with E-state index in [0.29, 0.717) is 0 Å². The number of aliphatic hydroxyl groups excluding tert-OH is 1. The highest BCUT2D eigenvalue weighted by atomic mass is 35.5. The van der Waals surface area contributed by atoms with Crippen LogP contribution in [0.5, 0.6) is 0 Å². The van der Waals surface area contributed by atoms with Gasteiger partial charge in [0.2, 0.25) is 0 Å². The van der Waals surface area contributed by atoms with Gasteiger partial charge in [-0.05, 0) is 37.8 Å². The van der Waals surface area contributed by atoms with Crippen molar-refractivity contribution in [1.29, 1.82) is 0 Å². The molecule has 1 atom stereocenters. The molecule has 13 heavy (non-hydrogen) atoms. The van der Waals surface area contributed by atoms with E-state index in [4.69, 9.17) is 16.7 Å². The Labute approximate surface area is 84.4 Å². The van der Waals surface area contributed by atoms with Crippen LogP contribution in [-0.2, 0) is 6.42 Å². The second-order valence-electron chi connectivity index (χ2n) is 3.44. The molecule has 0 aliphatic carbocycles. The molecule has 0 aliphatic heterocycles. The highest BCUT2D eigenvalue weighted by molar-refractivity contribution is 6.32. The first-order valence-corrected chi connectivity index (χ1v) is 4.91. The van der Waals surface area contributed by atoms with Crippen LogP contribution in [0.2, 0.25) is 5.02 Å². The summed E-state index contributed by atoms with van der Waals surface area (Å²) in [4.78, 5) is 0. The quantitative estimate of drug-likeness (QED) is 0.792. The summed E-state index contributed by atoms with van der Waals surface area (Å²) in [6, 6.07) is 6.00. The lowest BCUT2D eigenvalue weighted by molar-refractivity contribution is 0.185. The highest BCUT2D eigenvalue weighted by Crippen LogP contribution is 2.21. The van der Waals surface area contributed by atoms with Gasteiger partial charge in [-0.15, -0.1) is 0 Å². The third-order valence-electron chi connectivity index (χ3n) is 2.10. The molecule has 0 saturated carbocycles. The fraction of sp³-hybridized carbons (Fsp3) is 0.455. The van der Waals surface area contributed by atoms with Gasteiger partial charge in [0, 0.05) is 5.02 Å². The second kappa shape index (κ2) is 4.64. The van der Waals surface area contributed by atoms with Crippen LogP contribution in [0.3, 0.4) is 0 Å². The first kappa shape index (κ1) is 10.6. The molecule has 0 amide bonds. The van der Waals surface area contributed by atoms with Crippen LogP contribution < -0.4 is 0 Å². The fourth-order valence-electron chi connectivity index (χ4n) is 1.27. The summed E-state index contributed by atoms with van der Waals surface area (Å²) < 4.78 is 0.